The quantitative estimate of drug-likeness (QED) is 0.551. The molecule has 0 radical (unpaired) electrons. The van der Waals surface area contributed by atoms with E-state index in [1.807, 2.05) is 0 Å². The van der Waals surface area contributed by atoms with Crippen molar-refractivity contribution in [3.05, 3.63) is 29.6 Å². The van der Waals surface area contributed by atoms with Crippen LogP contribution < -0.4 is 15.7 Å². The molecule has 0 saturated carbocycles. The second-order valence-corrected chi connectivity index (χ2v) is 4.66. The van der Waals surface area contributed by atoms with Crippen LogP contribution in [0.1, 0.15) is 17.3 Å². The highest BCUT2D eigenvalue weighted by Crippen LogP contribution is 2.23. The van der Waals surface area contributed by atoms with Gasteiger partial charge in [-0.25, -0.2) is 14.7 Å². The zero-order valence-electron chi connectivity index (χ0n) is 11.6. The van der Waals surface area contributed by atoms with Crippen LogP contribution in [0.4, 0.5) is 14.9 Å². The van der Waals surface area contributed by atoms with E-state index in [9.17, 15) is 18.8 Å². The predicted octanol–water partition coefficient (Wildman–Crippen LogP) is 0.406. The average molecular weight is 311 g/mol. The summed E-state index contributed by atoms with van der Waals surface area (Å²) in [6, 6.07) is 3.49. The number of nitrogens with zero attached hydrogens (tertiary/aromatic N) is 1. The van der Waals surface area contributed by atoms with E-state index in [0.717, 1.165) is 12.1 Å². The number of hydrogen-bond donors (Lipinski definition) is 3. The SMILES string of the molecule is CC(=O)NC[C@H]1CN(c2ccc(C(=O)NO)c(F)c2)C(=O)O1. The van der Waals surface area contributed by atoms with Crippen LogP contribution in [0.5, 0.6) is 0 Å². The summed E-state index contributed by atoms with van der Waals surface area (Å²) in [4.78, 5) is 35.0. The number of anilines is 1. The van der Waals surface area contributed by atoms with Crippen LogP contribution in [0.2, 0.25) is 0 Å². The monoisotopic (exact) mass is 311 g/mol. The topological polar surface area (TPSA) is 108 Å². The summed E-state index contributed by atoms with van der Waals surface area (Å²) in [6.45, 7) is 1.64. The van der Waals surface area contributed by atoms with Gasteiger partial charge in [0.2, 0.25) is 5.91 Å². The highest BCUT2D eigenvalue weighted by Gasteiger charge is 2.32. The summed E-state index contributed by atoms with van der Waals surface area (Å²) in [7, 11) is 0. The number of carbonyl (C=O) groups excluding carboxylic acids is 3. The van der Waals surface area contributed by atoms with Gasteiger partial charge in [-0.1, -0.05) is 0 Å². The summed E-state index contributed by atoms with van der Waals surface area (Å²) >= 11 is 0. The maximum atomic E-state index is 13.8. The molecule has 3 N–H and O–H groups in total. The Morgan fingerprint density at radius 3 is 2.82 bits per heavy atom. The van der Waals surface area contributed by atoms with E-state index in [-0.39, 0.29) is 30.2 Å². The molecule has 0 aromatic heterocycles. The van der Waals surface area contributed by atoms with E-state index in [1.165, 1.54) is 23.4 Å². The number of cyclic esters (lactones) is 1. The Labute approximate surface area is 124 Å². The summed E-state index contributed by atoms with van der Waals surface area (Å²) < 4.78 is 18.9. The average Bonchev–Trinajstić information content (AvgIpc) is 2.85. The second-order valence-electron chi connectivity index (χ2n) is 4.66. The van der Waals surface area contributed by atoms with Crippen LogP contribution in [0, 0.1) is 5.82 Å². The van der Waals surface area contributed by atoms with E-state index in [2.05, 4.69) is 5.32 Å². The number of hydroxylamine groups is 1. The van der Waals surface area contributed by atoms with E-state index < -0.39 is 23.9 Å². The van der Waals surface area contributed by atoms with E-state index in [0.29, 0.717) is 0 Å². The van der Waals surface area contributed by atoms with E-state index in [1.54, 1.807) is 0 Å². The lowest BCUT2D eigenvalue weighted by Gasteiger charge is -2.14. The molecule has 118 valence electrons. The Morgan fingerprint density at radius 1 is 1.50 bits per heavy atom. The third kappa shape index (κ3) is 3.31. The molecular formula is C13H14FN3O5. The maximum Gasteiger partial charge on any atom is 0.414 e. The molecule has 1 fully saturated rings. The molecule has 0 aliphatic carbocycles. The molecule has 1 aromatic rings. The number of ether oxygens (including phenoxy) is 1. The molecule has 1 heterocycles. The third-order valence-corrected chi connectivity index (χ3v) is 3.06. The van der Waals surface area contributed by atoms with Gasteiger partial charge in [0.15, 0.2) is 0 Å². The first kappa shape index (κ1) is 15.7. The van der Waals surface area contributed by atoms with Crippen molar-refractivity contribution in [3.63, 3.8) is 0 Å². The smallest absolute Gasteiger partial charge is 0.414 e. The molecule has 0 unspecified atom stereocenters. The fourth-order valence-corrected chi connectivity index (χ4v) is 2.01. The molecule has 2 rings (SSSR count). The van der Waals surface area contributed by atoms with Crippen LogP contribution in [0.3, 0.4) is 0 Å². The first-order valence-electron chi connectivity index (χ1n) is 6.39. The van der Waals surface area contributed by atoms with Crippen LogP contribution in [0.15, 0.2) is 18.2 Å². The fourth-order valence-electron chi connectivity index (χ4n) is 2.01. The first-order chi connectivity index (χ1) is 10.4. The molecular weight excluding hydrogens is 297 g/mol. The van der Waals surface area contributed by atoms with Crippen molar-refractivity contribution in [3.8, 4) is 0 Å². The minimum atomic E-state index is -0.989. The van der Waals surface area contributed by atoms with Crippen molar-refractivity contribution in [2.45, 2.75) is 13.0 Å². The summed E-state index contributed by atoms with van der Waals surface area (Å²) in [5.41, 5.74) is 1.19. The predicted molar refractivity (Wildman–Crippen MR) is 72.0 cm³/mol. The number of hydrogen-bond acceptors (Lipinski definition) is 5. The number of nitrogens with one attached hydrogen (secondary N) is 2. The van der Waals surface area contributed by atoms with Gasteiger partial charge in [0, 0.05) is 6.92 Å². The van der Waals surface area contributed by atoms with Crippen LogP contribution in [-0.4, -0.2) is 42.3 Å². The van der Waals surface area contributed by atoms with Crippen molar-refractivity contribution in [2.75, 3.05) is 18.0 Å². The molecule has 0 bridgehead atoms. The molecule has 3 amide bonds. The molecule has 22 heavy (non-hydrogen) atoms. The van der Waals surface area contributed by atoms with Gasteiger partial charge >= 0.3 is 6.09 Å². The Morgan fingerprint density at radius 2 is 2.23 bits per heavy atom. The lowest BCUT2D eigenvalue weighted by Crippen LogP contribution is -2.33. The van der Waals surface area contributed by atoms with Gasteiger partial charge in [-0.2, -0.15) is 0 Å². The molecule has 1 aliphatic rings. The normalized spacial score (nSPS) is 17.1. The second kappa shape index (κ2) is 6.39. The van der Waals surface area contributed by atoms with Gasteiger partial charge < -0.3 is 10.1 Å². The zero-order valence-corrected chi connectivity index (χ0v) is 11.6. The van der Waals surface area contributed by atoms with Crippen molar-refractivity contribution in [1.29, 1.82) is 0 Å². The number of amides is 3. The van der Waals surface area contributed by atoms with Gasteiger partial charge in [0.05, 0.1) is 24.3 Å². The largest absolute Gasteiger partial charge is 0.442 e. The molecule has 1 aromatic carbocycles. The summed E-state index contributed by atoms with van der Waals surface area (Å²) in [6.07, 6.45) is -1.21. The Bertz CT molecular complexity index is 622. The number of halogens is 1. The minimum absolute atomic E-state index is 0.143. The van der Waals surface area contributed by atoms with E-state index in [4.69, 9.17) is 9.94 Å². The maximum absolute atomic E-state index is 13.8. The Hall–Kier alpha value is -2.68. The molecule has 9 heteroatoms. The van der Waals surface area contributed by atoms with Crippen LogP contribution >= 0.6 is 0 Å². The molecule has 8 nitrogen and oxygen atoms in total. The van der Waals surface area contributed by atoms with Gasteiger partial charge in [0.25, 0.3) is 5.91 Å². The summed E-state index contributed by atoms with van der Waals surface area (Å²) in [5, 5.41) is 11.0. The van der Waals surface area contributed by atoms with Crippen molar-refractivity contribution < 1.29 is 28.7 Å². The standard InChI is InChI=1S/C13H14FN3O5/c1-7(18)15-5-9-6-17(13(20)22-9)8-2-3-10(11(14)4-8)12(19)16-21/h2-4,9,21H,5-6H2,1H3,(H,15,18)(H,16,19)/t9-/m0/s1. The highest BCUT2D eigenvalue weighted by atomic mass is 19.1. The van der Waals surface area contributed by atoms with Gasteiger partial charge in [-0.3, -0.25) is 19.7 Å². The summed E-state index contributed by atoms with van der Waals surface area (Å²) in [5.74, 6) is -2.13. The number of benzene rings is 1. The molecule has 0 spiro atoms. The van der Waals surface area contributed by atoms with Gasteiger partial charge in [0.1, 0.15) is 11.9 Å². The number of carbonyl (C=O) groups is 3. The Kier molecular flexibility index (Phi) is 4.56. The zero-order chi connectivity index (χ0) is 16.3. The fraction of sp³-hybridized carbons (Fsp3) is 0.308. The number of rotatable bonds is 4. The van der Waals surface area contributed by atoms with E-state index >= 15 is 0 Å². The van der Waals surface area contributed by atoms with Crippen molar-refractivity contribution >= 4 is 23.6 Å². The molecule has 1 aliphatic heterocycles. The first-order valence-corrected chi connectivity index (χ1v) is 6.39. The Balaban J connectivity index is 2.12. The van der Waals surface area contributed by atoms with Gasteiger partial charge in [-0.15, -0.1) is 0 Å². The van der Waals surface area contributed by atoms with Crippen LogP contribution in [0.25, 0.3) is 0 Å². The van der Waals surface area contributed by atoms with Crippen LogP contribution in [-0.2, 0) is 9.53 Å². The molecule has 1 atom stereocenters. The van der Waals surface area contributed by atoms with Crippen molar-refractivity contribution in [2.24, 2.45) is 0 Å². The lowest BCUT2D eigenvalue weighted by atomic mass is 10.1. The molecule has 1 saturated heterocycles. The lowest BCUT2D eigenvalue weighted by molar-refractivity contribution is -0.119. The third-order valence-electron chi connectivity index (χ3n) is 3.06. The van der Waals surface area contributed by atoms with Crippen molar-refractivity contribution in [1.82, 2.24) is 10.8 Å². The van der Waals surface area contributed by atoms with Gasteiger partial charge in [-0.05, 0) is 18.2 Å². The minimum Gasteiger partial charge on any atom is -0.442 e. The highest BCUT2D eigenvalue weighted by molar-refractivity contribution is 5.95.